The maximum atomic E-state index is 11.6. The summed E-state index contributed by atoms with van der Waals surface area (Å²) in [5, 5.41) is 4.65. The van der Waals surface area contributed by atoms with E-state index in [4.69, 9.17) is 12.2 Å². The van der Waals surface area contributed by atoms with Gasteiger partial charge < -0.3 is 5.32 Å². The van der Waals surface area contributed by atoms with Gasteiger partial charge in [-0.2, -0.15) is 5.01 Å². The van der Waals surface area contributed by atoms with Gasteiger partial charge in [0.15, 0.2) is 5.11 Å². The molecule has 1 unspecified atom stereocenters. The predicted molar refractivity (Wildman–Crippen MR) is 62.1 cm³/mol. The summed E-state index contributed by atoms with van der Waals surface area (Å²) >= 11 is 5.03. The number of carbonyl (C=O) groups is 1. The average Bonchev–Trinajstić information content (AvgIpc) is 2.47. The van der Waals surface area contributed by atoms with E-state index in [1.807, 2.05) is 30.3 Å². The monoisotopic (exact) mass is 221 g/mol. The lowest BCUT2D eigenvalue weighted by molar-refractivity contribution is -0.125. The van der Waals surface area contributed by atoms with Crippen molar-refractivity contribution >= 4 is 28.9 Å². The van der Waals surface area contributed by atoms with E-state index >= 15 is 0 Å². The van der Waals surface area contributed by atoms with E-state index in [1.165, 1.54) is 5.01 Å². The van der Waals surface area contributed by atoms with Gasteiger partial charge in [0, 0.05) is 0 Å². The lowest BCUT2D eigenvalue weighted by atomic mass is 10.3. The molecule has 2 rings (SSSR count). The molecule has 1 aliphatic heterocycles. The predicted octanol–water partition coefficient (Wildman–Crippen LogP) is 1.12. The summed E-state index contributed by atoms with van der Waals surface area (Å²) in [5.41, 5.74) is 3.79. The van der Waals surface area contributed by atoms with Crippen LogP contribution in [0.15, 0.2) is 30.3 Å². The fourth-order valence-electron chi connectivity index (χ4n) is 1.35. The molecule has 0 radical (unpaired) electrons. The van der Waals surface area contributed by atoms with Crippen molar-refractivity contribution in [2.75, 3.05) is 5.43 Å². The molecule has 1 amide bonds. The third-order valence-electron chi connectivity index (χ3n) is 2.15. The molecular weight excluding hydrogens is 210 g/mol. The van der Waals surface area contributed by atoms with Crippen LogP contribution in [0.3, 0.4) is 0 Å². The fraction of sp³-hybridized carbons (Fsp3) is 0.200. The number of hydrogen-bond acceptors (Lipinski definition) is 3. The summed E-state index contributed by atoms with van der Waals surface area (Å²) in [6.45, 7) is 1.78. The van der Waals surface area contributed by atoms with E-state index in [1.54, 1.807) is 6.92 Å². The van der Waals surface area contributed by atoms with Gasteiger partial charge in [-0.1, -0.05) is 18.2 Å². The van der Waals surface area contributed by atoms with Crippen LogP contribution in [-0.2, 0) is 4.79 Å². The first-order valence-corrected chi connectivity index (χ1v) is 5.05. The van der Waals surface area contributed by atoms with Gasteiger partial charge in [0.2, 0.25) is 0 Å². The number of nitrogens with zero attached hydrogens (tertiary/aromatic N) is 1. The molecule has 5 heteroatoms. The number of para-hydroxylation sites is 1. The van der Waals surface area contributed by atoms with E-state index in [9.17, 15) is 4.79 Å². The largest absolute Gasteiger partial charge is 0.349 e. The van der Waals surface area contributed by atoms with Gasteiger partial charge in [-0.25, -0.2) is 0 Å². The zero-order chi connectivity index (χ0) is 10.8. The van der Waals surface area contributed by atoms with Crippen molar-refractivity contribution in [1.29, 1.82) is 0 Å². The minimum atomic E-state index is -0.256. The molecule has 0 aromatic heterocycles. The van der Waals surface area contributed by atoms with Crippen molar-refractivity contribution in [1.82, 2.24) is 10.3 Å². The third-order valence-corrected chi connectivity index (χ3v) is 2.45. The fourth-order valence-corrected chi connectivity index (χ4v) is 1.67. The summed E-state index contributed by atoms with van der Waals surface area (Å²) in [5.74, 6) is -0.0659. The van der Waals surface area contributed by atoms with Crippen LogP contribution in [0.5, 0.6) is 0 Å². The molecular formula is C10H11N3OS. The molecule has 2 N–H and O–H groups in total. The Morgan fingerprint density at radius 2 is 2.07 bits per heavy atom. The Bertz CT molecular complexity index is 393. The number of hydrogen-bond donors (Lipinski definition) is 2. The van der Waals surface area contributed by atoms with Crippen molar-refractivity contribution in [2.45, 2.75) is 13.0 Å². The summed E-state index contributed by atoms with van der Waals surface area (Å²) in [7, 11) is 0. The maximum absolute atomic E-state index is 11.6. The Morgan fingerprint density at radius 3 is 2.60 bits per heavy atom. The first kappa shape index (κ1) is 9.92. The second kappa shape index (κ2) is 3.86. The van der Waals surface area contributed by atoms with Crippen LogP contribution >= 0.6 is 12.2 Å². The van der Waals surface area contributed by atoms with Crippen molar-refractivity contribution in [3.8, 4) is 0 Å². The van der Waals surface area contributed by atoms with Gasteiger partial charge in [-0.15, -0.1) is 0 Å². The Labute approximate surface area is 93.2 Å². The second-order valence-corrected chi connectivity index (χ2v) is 3.71. The van der Waals surface area contributed by atoms with Gasteiger partial charge in [-0.05, 0) is 31.3 Å². The number of anilines is 1. The minimum absolute atomic E-state index is 0.0659. The summed E-state index contributed by atoms with van der Waals surface area (Å²) in [4.78, 5) is 11.6. The Balaban J connectivity index is 2.13. The molecule has 0 spiro atoms. The zero-order valence-corrected chi connectivity index (χ0v) is 9.04. The number of carbonyl (C=O) groups excluding carboxylic acids is 1. The van der Waals surface area contributed by atoms with Crippen molar-refractivity contribution < 1.29 is 4.79 Å². The maximum Gasteiger partial charge on any atom is 0.269 e. The minimum Gasteiger partial charge on any atom is -0.349 e. The second-order valence-electron chi connectivity index (χ2n) is 3.32. The molecule has 0 saturated carbocycles. The molecule has 1 heterocycles. The SMILES string of the molecule is CC1NC(=S)N(Nc2ccccc2)C1=O. The molecule has 4 nitrogen and oxygen atoms in total. The van der Waals surface area contributed by atoms with Crippen LogP contribution in [-0.4, -0.2) is 22.1 Å². The average molecular weight is 221 g/mol. The number of amides is 1. The molecule has 15 heavy (non-hydrogen) atoms. The summed E-state index contributed by atoms with van der Waals surface area (Å²) in [6.07, 6.45) is 0. The first-order chi connectivity index (χ1) is 7.18. The molecule has 1 atom stereocenters. The van der Waals surface area contributed by atoms with Crippen LogP contribution in [0.1, 0.15) is 6.92 Å². The standard InChI is InChI=1S/C10H11N3OS/c1-7-9(14)13(10(15)11-7)12-8-5-3-2-4-6-8/h2-7,12H,1H3,(H,11,15). The Hall–Kier alpha value is -1.62. The number of benzene rings is 1. The van der Waals surface area contributed by atoms with Gasteiger partial charge in [-0.3, -0.25) is 10.2 Å². The number of hydrazine groups is 1. The highest BCUT2D eigenvalue weighted by Gasteiger charge is 2.32. The summed E-state index contributed by atoms with van der Waals surface area (Å²) in [6, 6.07) is 9.19. The van der Waals surface area contributed by atoms with Gasteiger partial charge in [0.25, 0.3) is 5.91 Å². The Kier molecular flexibility index (Phi) is 2.55. The third kappa shape index (κ3) is 1.92. The van der Waals surface area contributed by atoms with Crippen molar-refractivity contribution in [3.63, 3.8) is 0 Å². The lowest BCUT2D eigenvalue weighted by Crippen LogP contribution is -2.36. The van der Waals surface area contributed by atoms with Crippen LogP contribution in [0.2, 0.25) is 0 Å². The van der Waals surface area contributed by atoms with Crippen LogP contribution in [0.25, 0.3) is 0 Å². The van der Waals surface area contributed by atoms with Crippen LogP contribution < -0.4 is 10.7 Å². The molecule has 1 aromatic carbocycles. The highest BCUT2D eigenvalue weighted by Crippen LogP contribution is 2.11. The topological polar surface area (TPSA) is 44.4 Å². The van der Waals surface area contributed by atoms with Crippen molar-refractivity contribution in [2.24, 2.45) is 0 Å². The summed E-state index contributed by atoms with van der Waals surface area (Å²) < 4.78 is 0. The smallest absolute Gasteiger partial charge is 0.269 e. The molecule has 1 saturated heterocycles. The van der Waals surface area contributed by atoms with Gasteiger partial charge in [0.05, 0.1) is 5.69 Å². The number of thiocarbonyl (C=S) groups is 1. The molecule has 0 aliphatic carbocycles. The highest BCUT2D eigenvalue weighted by molar-refractivity contribution is 7.80. The van der Waals surface area contributed by atoms with E-state index < -0.39 is 0 Å². The van der Waals surface area contributed by atoms with Gasteiger partial charge >= 0.3 is 0 Å². The molecule has 1 fully saturated rings. The van der Waals surface area contributed by atoms with E-state index in [0.29, 0.717) is 5.11 Å². The van der Waals surface area contributed by atoms with Gasteiger partial charge in [0.1, 0.15) is 6.04 Å². The van der Waals surface area contributed by atoms with E-state index in [-0.39, 0.29) is 11.9 Å². The zero-order valence-electron chi connectivity index (χ0n) is 8.23. The van der Waals surface area contributed by atoms with E-state index in [2.05, 4.69) is 10.7 Å². The highest BCUT2D eigenvalue weighted by atomic mass is 32.1. The Morgan fingerprint density at radius 1 is 1.40 bits per heavy atom. The van der Waals surface area contributed by atoms with Crippen LogP contribution in [0.4, 0.5) is 5.69 Å². The number of nitrogens with one attached hydrogen (secondary N) is 2. The molecule has 1 aliphatic rings. The van der Waals surface area contributed by atoms with Crippen LogP contribution in [0, 0.1) is 0 Å². The molecule has 78 valence electrons. The number of rotatable bonds is 2. The first-order valence-electron chi connectivity index (χ1n) is 4.64. The quantitative estimate of drug-likeness (QED) is 0.735. The van der Waals surface area contributed by atoms with E-state index in [0.717, 1.165) is 5.69 Å². The normalized spacial score (nSPS) is 20.3. The lowest BCUT2D eigenvalue weighted by Gasteiger charge is -2.16. The molecule has 1 aromatic rings. The molecule has 0 bridgehead atoms. The van der Waals surface area contributed by atoms with Crippen molar-refractivity contribution in [3.05, 3.63) is 30.3 Å².